The lowest BCUT2D eigenvalue weighted by molar-refractivity contribution is -0.116. The maximum Gasteiger partial charge on any atom is 0.244 e. The Kier molecular flexibility index (Phi) is 8.65. The van der Waals surface area contributed by atoms with E-state index < -0.39 is 26.0 Å². The number of anilines is 1. The largest absolute Gasteiger partial charge is 0.325 e. The maximum absolute atomic E-state index is 14.0. The van der Waals surface area contributed by atoms with Gasteiger partial charge in [-0.05, 0) is 69.4 Å². The van der Waals surface area contributed by atoms with E-state index in [0.717, 1.165) is 29.1 Å². The summed E-state index contributed by atoms with van der Waals surface area (Å²) in [6.45, 7) is 6.91. The summed E-state index contributed by atoms with van der Waals surface area (Å²) in [5, 5.41) is 2.77. The Morgan fingerprint density at radius 3 is 2.00 bits per heavy atom. The van der Waals surface area contributed by atoms with Gasteiger partial charge in [-0.15, -0.1) is 0 Å². The number of hydrogen-bond donors (Lipinski definition) is 1. The molecule has 0 heterocycles. The van der Waals surface area contributed by atoms with E-state index in [4.69, 9.17) is 0 Å². The number of nitrogens with one attached hydrogen (secondary N) is 1. The summed E-state index contributed by atoms with van der Waals surface area (Å²) in [5.41, 5.74) is 3.32. The molecule has 0 saturated heterocycles. The molecule has 36 heavy (non-hydrogen) atoms. The average Bonchev–Trinajstić information content (AvgIpc) is 2.78. The van der Waals surface area contributed by atoms with Crippen molar-refractivity contribution in [2.75, 3.05) is 26.0 Å². The highest BCUT2D eigenvalue weighted by Gasteiger charge is 2.36. The Morgan fingerprint density at radius 2 is 1.44 bits per heavy atom. The summed E-state index contributed by atoms with van der Waals surface area (Å²) in [4.78, 5) is 13.5. The van der Waals surface area contributed by atoms with Crippen molar-refractivity contribution in [1.29, 1.82) is 0 Å². The van der Waals surface area contributed by atoms with E-state index in [0.29, 0.717) is 35.2 Å². The van der Waals surface area contributed by atoms with Crippen LogP contribution in [0, 0.1) is 27.7 Å². The van der Waals surface area contributed by atoms with Crippen LogP contribution in [0.2, 0.25) is 0 Å². The molecule has 10 heteroatoms. The fraction of sp³-hybridized carbons (Fsp3) is 0.500. The molecular weight excluding hydrogens is 498 g/mol. The van der Waals surface area contributed by atoms with E-state index in [1.807, 2.05) is 19.1 Å². The summed E-state index contributed by atoms with van der Waals surface area (Å²) in [5.74, 6) is -0.505. The first-order valence-corrected chi connectivity index (χ1v) is 15.1. The van der Waals surface area contributed by atoms with Crippen molar-refractivity contribution in [3.63, 3.8) is 0 Å². The second-order valence-corrected chi connectivity index (χ2v) is 13.9. The van der Waals surface area contributed by atoms with Crippen LogP contribution in [0.5, 0.6) is 0 Å². The molecule has 1 aliphatic rings. The molecule has 0 bridgehead atoms. The van der Waals surface area contributed by atoms with Crippen LogP contribution in [0.25, 0.3) is 0 Å². The zero-order valence-corrected chi connectivity index (χ0v) is 23.6. The molecule has 0 aliphatic heterocycles. The Hall–Kier alpha value is -2.27. The van der Waals surface area contributed by atoms with E-state index in [-0.39, 0.29) is 22.4 Å². The van der Waals surface area contributed by atoms with Crippen LogP contribution in [0.15, 0.2) is 40.1 Å². The van der Waals surface area contributed by atoms with E-state index >= 15 is 0 Å². The summed E-state index contributed by atoms with van der Waals surface area (Å²) in [6.07, 6.45) is 4.27. The van der Waals surface area contributed by atoms with Crippen LogP contribution in [0.1, 0.15) is 54.4 Å². The molecule has 1 aliphatic carbocycles. The predicted molar refractivity (Wildman–Crippen MR) is 142 cm³/mol. The molecule has 1 fully saturated rings. The van der Waals surface area contributed by atoms with Crippen LogP contribution in [0.4, 0.5) is 5.69 Å². The Morgan fingerprint density at radius 1 is 0.861 bits per heavy atom. The van der Waals surface area contributed by atoms with Crippen LogP contribution in [-0.2, 0) is 24.8 Å². The van der Waals surface area contributed by atoms with Gasteiger partial charge in [0.2, 0.25) is 26.0 Å². The lowest BCUT2D eigenvalue weighted by atomic mass is 9.95. The van der Waals surface area contributed by atoms with Gasteiger partial charge < -0.3 is 5.32 Å². The van der Waals surface area contributed by atoms with Gasteiger partial charge in [0.15, 0.2) is 0 Å². The van der Waals surface area contributed by atoms with Crippen molar-refractivity contribution in [3.05, 3.63) is 52.6 Å². The SMILES string of the molecule is Cc1cc(C)c(S(=O)(=O)N(CC(=O)Nc2cc(S(=O)(=O)N(C)C)ccc2C)C2CCCCC2)c(C)c1. The number of hydrogen-bond acceptors (Lipinski definition) is 5. The lowest BCUT2D eigenvalue weighted by Gasteiger charge is -2.34. The Labute approximate surface area is 215 Å². The molecule has 0 radical (unpaired) electrons. The van der Waals surface area contributed by atoms with Gasteiger partial charge in [-0.1, -0.05) is 43.0 Å². The third-order valence-corrected chi connectivity index (χ3v) is 10.7. The van der Waals surface area contributed by atoms with Gasteiger partial charge in [0, 0.05) is 25.8 Å². The number of sulfonamides is 2. The predicted octanol–water partition coefficient (Wildman–Crippen LogP) is 4.13. The molecule has 198 valence electrons. The molecule has 0 aromatic heterocycles. The minimum absolute atomic E-state index is 0.0519. The Balaban J connectivity index is 1.96. The van der Waals surface area contributed by atoms with Gasteiger partial charge in [0.25, 0.3) is 0 Å². The first-order valence-electron chi connectivity index (χ1n) is 12.2. The summed E-state index contributed by atoms with van der Waals surface area (Å²) in [7, 11) is -4.76. The number of carbonyl (C=O) groups excluding carboxylic acids is 1. The van der Waals surface area contributed by atoms with Gasteiger partial charge in [-0.25, -0.2) is 21.1 Å². The van der Waals surface area contributed by atoms with Crippen molar-refractivity contribution < 1.29 is 21.6 Å². The molecule has 2 aromatic rings. The minimum atomic E-state index is -3.95. The summed E-state index contributed by atoms with van der Waals surface area (Å²) in [6, 6.07) is 7.95. The molecule has 0 unspecified atom stereocenters. The van der Waals surface area contributed by atoms with Crippen LogP contribution >= 0.6 is 0 Å². The van der Waals surface area contributed by atoms with Gasteiger partial charge in [0.05, 0.1) is 16.3 Å². The zero-order chi connectivity index (χ0) is 26.8. The lowest BCUT2D eigenvalue weighted by Crippen LogP contribution is -2.46. The van der Waals surface area contributed by atoms with Gasteiger partial charge in [-0.3, -0.25) is 4.79 Å². The highest BCUT2D eigenvalue weighted by molar-refractivity contribution is 7.89. The molecule has 1 amide bonds. The molecule has 0 spiro atoms. The van der Waals surface area contributed by atoms with E-state index in [1.165, 1.54) is 30.5 Å². The quantitative estimate of drug-likeness (QED) is 0.547. The molecule has 3 rings (SSSR count). The van der Waals surface area contributed by atoms with Crippen LogP contribution in [-0.4, -0.2) is 58.0 Å². The van der Waals surface area contributed by atoms with Crippen molar-refractivity contribution in [2.45, 2.75) is 75.6 Å². The first kappa shape index (κ1) is 28.3. The van der Waals surface area contributed by atoms with Gasteiger partial charge in [0.1, 0.15) is 0 Å². The van der Waals surface area contributed by atoms with Crippen LogP contribution in [0.3, 0.4) is 0 Å². The van der Waals surface area contributed by atoms with Crippen molar-refractivity contribution >= 4 is 31.6 Å². The van der Waals surface area contributed by atoms with Crippen LogP contribution < -0.4 is 5.32 Å². The maximum atomic E-state index is 14.0. The third kappa shape index (κ3) is 5.99. The second-order valence-electron chi connectivity index (χ2n) is 9.88. The standard InChI is InChI=1S/C26H37N3O5S2/c1-18-14-20(3)26(21(4)15-18)36(33,34)29(22-10-8-7-9-11-22)17-25(30)27-24-16-23(13-12-19(24)2)35(31,32)28(5)6/h12-16,22H,7-11,17H2,1-6H3,(H,27,30). The first-order chi connectivity index (χ1) is 16.7. The number of nitrogens with zero attached hydrogens (tertiary/aromatic N) is 2. The monoisotopic (exact) mass is 535 g/mol. The number of carbonyl (C=O) groups is 1. The van der Waals surface area contributed by atoms with E-state index in [9.17, 15) is 21.6 Å². The molecule has 1 N–H and O–H groups in total. The highest BCUT2D eigenvalue weighted by Crippen LogP contribution is 2.31. The molecular formula is C26H37N3O5S2. The fourth-order valence-electron chi connectivity index (χ4n) is 4.91. The van der Waals surface area contributed by atoms with Crippen molar-refractivity contribution in [2.24, 2.45) is 0 Å². The Bertz CT molecular complexity index is 1320. The summed E-state index contributed by atoms with van der Waals surface area (Å²) >= 11 is 0. The number of aryl methyl sites for hydroxylation is 4. The molecule has 1 saturated carbocycles. The normalized spacial score (nSPS) is 15.4. The molecule has 2 aromatic carbocycles. The van der Waals surface area contributed by atoms with E-state index in [2.05, 4.69) is 5.32 Å². The minimum Gasteiger partial charge on any atom is -0.325 e. The zero-order valence-electron chi connectivity index (χ0n) is 22.0. The summed E-state index contributed by atoms with van der Waals surface area (Å²) < 4.78 is 55.5. The topological polar surface area (TPSA) is 104 Å². The molecule has 8 nitrogen and oxygen atoms in total. The van der Waals surface area contributed by atoms with E-state index in [1.54, 1.807) is 26.8 Å². The third-order valence-electron chi connectivity index (χ3n) is 6.71. The smallest absolute Gasteiger partial charge is 0.244 e. The second kappa shape index (κ2) is 11.0. The molecule has 0 atom stereocenters. The number of benzene rings is 2. The van der Waals surface area contributed by atoms with Crippen molar-refractivity contribution in [3.8, 4) is 0 Å². The van der Waals surface area contributed by atoms with Gasteiger partial charge in [-0.2, -0.15) is 4.31 Å². The average molecular weight is 536 g/mol. The van der Waals surface area contributed by atoms with Crippen molar-refractivity contribution in [1.82, 2.24) is 8.61 Å². The fourth-order valence-corrected chi connectivity index (χ4v) is 7.89. The van der Waals surface area contributed by atoms with Gasteiger partial charge >= 0.3 is 0 Å². The number of amides is 1. The highest BCUT2D eigenvalue weighted by atomic mass is 32.2. The number of rotatable bonds is 8.